The van der Waals surface area contributed by atoms with Crippen molar-refractivity contribution in [2.24, 2.45) is 0 Å². The third-order valence-electron chi connectivity index (χ3n) is 5.86. The number of aryl methyl sites for hydroxylation is 1. The van der Waals surface area contributed by atoms with Gasteiger partial charge in [0.1, 0.15) is 5.82 Å². The second kappa shape index (κ2) is 8.86. The van der Waals surface area contributed by atoms with Crippen LogP contribution in [0.5, 0.6) is 0 Å². The van der Waals surface area contributed by atoms with E-state index in [1.54, 1.807) is 29.2 Å². The Morgan fingerprint density at radius 1 is 0.818 bits per heavy atom. The first kappa shape index (κ1) is 20.9. The molecule has 1 aliphatic heterocycles. The number of piperazine rings is 1. The molecule has 1 saturated heterocycles. The summed E-state index contributed by atoms with van der Waals surface area (Å²) in [5, 5.41) is 8.28. The van der Waals surface area contributed by atoms with E-state index in [1.165, 1.54) is 6.07 Å². The zero-order valence-corrected chi connectivity index (χ0v) is 18.2. The van der Waals surface area contributed by atoms with Crippen LogP contribution in [0.3, 0.4) is 0 Å². The van der Waals surface area contributed by atoms with Gasteiger partial charge in [-0.2, -0.15) is 0 Å². The number of hydrogen-bond acceptors (Lipinski definition) is 5. The van der Waals surface area contributed by atoms with Gasteiger partial charge in [-0.25, -0.2) is 4.39 Å². The standard InChI is InChI=1S/C26H23FN4O2/c1-18-6-8-19(9-7-18)24-28-29-25(33-24)20-10-12-21(13-11-20)26(32)31-16-14-30(15-17-31)23-5-3-2-4-22(23)27/h2-13H,14-17H2,1H3. The highest BCUT2D eigenvalue weighted by Gasteiger charge is 2.23. The van der Waals surface area contributed by atoms with E-state index in [2.05, 4.69) is 10.2 Å². The molecule has 0 aliphatic carbocycles. The molecule has 4 aromatic rings. The van der Waals surface area contributed by atoms with Crippen molar-refractivity contribution in [2.45, 2.75) is 6.92 Å². The van der Waals surface area contributed by atoms with Gasteiger partial charge in [0, 0.05) is 42.9 Å². The second-order valence-corrected chi connectivity index (χ2v) is 8.09. The van der Waals surface area contributed by atoms with Crippen molar-refractivity contribution in [3.63, 3.8) is 0 Å². The molecule has 6 nitrogen and oxygen atoms in total. The average molecular weight is 442 g/mol. The third-order valence-corrected chi connectivity index (χ3v) is 5.86. The van der Waals surface area contributed by atoms with Gasteiger partial charge in [-0.1, -0.05) is 29.8 Å². The Balaban J connectivity index is 1.24. The van der Waals surface area contributed by atoms with Gasteiger partial charge in [0.15, 0.2) is 0 Å². The number of nitrogens with zero attached hydrogens (tertiary/aromatic N) is 4. The first-order chi connectivity index (χ1) is 16.1. The number of anilines is 1. The number of carbonyl (C=O) groups excluding carboxylic acids is 1. The molecule has 0 radical (unpaired) electrons. The molecule has 0 bridgehead atoms. The van der Waals surface area contributed by atoms with Gasteiger partial charge in [0.2, 0.25) is 11.8 Å². The van der Waals surface area contributed by atoms with Crippen LogP contribution >= 0.6 is 0 Å². The molecule has 0 atom stereocenters. The number of para-hydroxylation sites is 1. The predicted molar refractivity (Wildman–Crippen MR) is 124 cm³/mol. The minimum atomic E-state index is -0.237. The molecule has 1 aromatic heterocycles. The molecule has 0 spiro atoms. The Morgan fingerprint density at radius 3 is 2.00 bits per heavy atom. The normalized spacial score (nSPS) is 13.9. The smallest absolute Gasteiger partial charge is 0.253 e. The van der Waals surface area contributed by atoms with Gasteiger partial charge in [-0.3, -0.25) is 4.79 Å². The van der Waals surface area contributed by atoms with Crippen LogP contribution < -0.4 is 4.90 Å². The van der Waals surface area contributed by atoms with Gasteiger partial charge >= 0.3 is 0 Å². The van der Waals surface area contributed by atoms with Crippen molar-refractivity contribution >= 4 is 11.6 Å². The highest BCUT2D eigenvalue weighted by Crippen LogP contribution is 2.25. The predicted octanol–water partition coefficient (Wildman–Crippen LogP) is 4.81. The molecular formula is C26H23FN4O2. The molecule has 1 fully saturated rings. The van der Waals surface area contributed by atoms with E-state index in [9.17, 15) is 9.18 Å². The number of rotatable bonds is 4. The summed E-state index contributed by atoms with van der Waals surface area (Å²) >= 11 is 0. The van der Waals surface area contributed by atoms with E-state index < -0.39 is 0 Å². The van der Waals surface area contributed by atoms with E-state index in [0.29, 0.717) is 49.2 Å². The third kappa shape index (κ3) is 4.35. The summed E-state index contributed by atoms with van der Waals surface area (Å²) in [5.41, 5.74) is 3.95. The van der Waals surface area contributed by atoms with E-state index >= 15 is 0 Å². The maximum absolute atomic E-state index is 14.0. The van der Waals surface area contributed by atoms with Crippen molar-refractivity contribution in [3.8, 4) is 22.9 Å². The van der Waals surface area contributed by atoms with Crippen LogP contribution in [0.2, 0.25) is 0 Å². The summed E-state index contributed by atoms with van der Waals surface area (Å²) in [5.74, 6) is 0.584. The van der Waals surface area contributed by atoms with E-state index in [4.69, 9.17) is 4.42 Å². The van der Waals surface area contributed by atoms with Crippen LogP contribution in [0.15, 0.2) is 77.2 Å². The molecule has 3 aromatic carbocycles. The van der Waals surface area contributed by atoms with Gasteiger partial charge in [0.25, 0.3) is 5.91 Å². The number of benzene rings is 3. The van der Waals surface area contributed by atoms with Gasteiger partial charge in [-0.05, 0) is 55.5 Å². The molecule has 5 rings (SSSR count). The van der Waals surface area contributed by atoms with Crippen molar-refractivity contribution < 1.29 is 13.6 Å². The Morgan fingerprint density at radius 2 is 1.39 bits per heavy atom. The Labute approximate surface area is 191 Å². The topological polar surface area (TPSA) is 62.5 Å². The lowest BCUT2D eigenvalue weighted by Crippen LogP contribution is -2.49. The van der Waals surface area contributed by atoms with Crippen LogP contribution in [0, 0.1) is 12.7 Å². The highest BCUT2D eigenvalue weighted by atomic mass is 19.1. The lowest BCUT2D eigenvalue weighted by molar-refractivity contribution is 0.0746. The fourth-order valence-electron chi connectivity index (χ4n) is 3.95. The molecule has 7 heteroatoms. The van der Waals surface area contributed by atoms with Crippen molar-refractivity contribution in [3.05, 3.63) is 89.7 Å². The average Bonchev–Trinajstić information content (AvgIpc) is 3.35. The molecule has 2 heterocycles. The molecule has 0 saturated carbocycles. The van der Waals surface area contributed by atoms with Crippen molar-refractivity contribution in [2.75, 3.05) is 31.1 Å². The number of carbonyl (C=O) groups is 1. The first-order valence-electron chi connectivity index (χ1n) is 10.9. The quantitative estimate of drug-likeness (QED) is 0.454. The van der Waals surface area contributed by atoms with Crippen molar-refractivity contribution in [1.29, 1.82) is 0 Å². The minimum Gasteiger partial charge on any atom is -0.416 e. The fourth-order valence-corrected chi connectivity index (χ4v) is 3.95. The number of hydrogen-bond donors (Lipinski definition) is 0. The molecule has 1 aliphatic rings. The molecule has 0 unspecified atom stereocenters. The molecule has 1 amide bonds. The van der Waals surface area contributed by atoms with Crippen LogP contribution in [0.4, 0.5) is 10.1 Å². The lowest BCUT2D eigenvalue weighted by Gasteiger charge is -2.36. The summed E-state index contributed by atoms with van der Waals surface area (Å²) in [6, 6.07) is 21.8. The minimum absolute atomic E-state index is 0.0411. The van der Waals surface area contributed by atoms with Crippen LogP contribution in [-0.2, 0) is 0 Å². The highest BCUT2D eigenvalue weighted by molar-refractivity contribution is 5.94. The zero-order valence-electron chi connectivity index (χ0n) is 18.2. The number of aromatic nitrogens is 2. The van der Waals surface area contributed by atoms with E-state index in [0.717, 1.165) is 16.7 Å². The Kier molecular flexibility index (Phi) is 5.60. The van der Waals surface area contributed by atoms with E-state index in [1.807, 2.05) is 54.3 Å². The SMILES string of the molecule is Cc1ccc(-c2nnc(-c3ccc(C(=O)N4CCN(c5ccccc5F)CC4)cc3)o2)cc1. The van der Waals surface area contributed by atoms with Crippen LogP contribution in [0.1, 0.15) is 15.9 Å². The molecular weight excluding hydrogens is 419 g/mol. The first-order valence-corrected chi connectivity index (χ1v) is 10.9. The summed E-state index contributed by atoms with van der Waals surface area (Å²) in [6.07, 6.45) is 0. The molecule has 0 N–H and O–H groups in total. The number of amides is 1. The summed E-state index contributed by atoms with van der Waals surface area (Å²) < 4.78 is 19.9. The Bertz CT molecular complexity index is 1260. The van der Waals surface area contributed by atoms with E-state index in [-0.39, 0.29) is 11.7 Å². The fraction of sp³-hybridized carbons (Fsp3) is 0.192. The molecule has 166 valence electrons. The summed E-state index contributed by atoms with van der Waals surface area (Å²) in [7, 11) is 0. The maximum Gasteiger partial charge on any atom is 0.253 e. The zero-order chi connectivity index (χ0) is 22.8. The molecule has 33 heavy (non-hydrogen) atoms. The monoisotopic (exact) mass is 442 g/mol. The number of halogens is 1. The Hall–Kier alpha value is -4.00. The van der Waals surface area contributed by atoms with Gasteiger partial charge < -0.3 is 14.2 Å². The summed E-state index contributed by atoms with van der Waals surface area (Å²) in [6.45, 7) is 4.29. The largest absolute Gasteiger partial charge is 0.416 e. The van der Waals surface area contributed by atoms with Crippen LogP contribution in [0.25, 0.3) is 22.9 Å². The van der Waals surface area contributed by atoms with Crippen molar-refractivity contribution in [1.82, 2.24) is 15.1 Å². The second-order valence-electron chi connectivity index (χ2n) is 8.09. The van der Waals surface area contributed by atoms with Gasteiger partial charge in [-0.15, -0.1) is 10.2 Å². The lowest BCUT2D eigenvalue weighted by atomic mass is 10.1. The van der Waals surface area contributed by atoms with Gasteiger partial charge in [0.05, 0.1) is 5.69 Å². The summed E-state index contributed by atoms with van der Waals surface area (Å²) in [4.78, 5) is 16.7. The van der Waals surface area contributed by atoms with Crippen LogP contribution in [-0.4, -0.2) is 47.2 Å². The maximum atomic E-state index is 14.0.